The summed E-state index contributed by atoms with van der Waals surface area (Å²) in [5.41, 5.74) is 4.14. The molecule has 3 N–H and O–H groups in total. The highest BCUT2D eigenvalue weighted by Gasteiger charge is 2.33. The lowest BCUT2D eigenvalue weighted by Crippen LogP contribution is -2.35. The van der Waals surface area contributed by atoms with Gasteiger partial charge in [0.2, 0.25) is 0 Å². The van der Waals surface area contributed by atoms with E-state index in [0.29, 0.717) is 13.1 Å². The van der Waals surface area contributed by atoms with Gasteiger partial charge < -0.3 is 16.0 Å². The normalized spacial score (nSPS) is 16.4. The summed E-state index contributed by atoms with van der Waals surface area (Å²) in [6.07, 6.45) is -0.549. The number of carbonyl (C=O) groups is 1. The van der Waals surface area contributed by atoms with Crippen LogP contribution >= 0.6 is 0 Å². The Morgan fingerprint density at radius 3 is 2.33 bits per heavy atom. The summed E-state index contributed by atoms with van der Waals surface area (Å²) >= 11 is 0. The smallest absolute Gasteiger partial charge is 0.398 e. The monoisotopic (exact) mass is 301 g/mol. The van der Waals surface area contributed by atoms with E-state index in [1.807, 2.05) is 0 Å². The lowest BCUT2D eigenvalue weighted by molar-refractivity contribution is -0.136. The molecule has 4 nitrogen and oxygen atoms in total. The molecule has 2 rings (SSSR count). The molecule has 116 valence electrons. The van der Waals surface area contributed by atoms with E-state index < -0.39 is 11.7 Å². The maximum absolute atomic E-state index is 12.8. The molecule has 0 unspecified atom stereocenters. The van der Waals surface area contributed by atoms with Gasteiger partial charge in [-0.1, -0.05) is 12.8 Å². The summed E-state index contributed by atoms with van der Waals surface area (Å²) in [7, 11) is 0. The van der Waals surface area contributed by atoms with Crippen LogP contribution in [-0.2, 0) is 6.18 Å². The van der Waals surface area contributed by atoms with Gasteiger partial charge in [-0.05, 0) is 31.0 Å². The third-order valence-electron chi connectivity index (χ3n) is 3.50. The summed E-state index contributed by atoms with van der Waals surface area (Å²) in [5.74, 6) is 0. The molecule has 0 aromatic heterocycles. The van der Waals surface area contributed by atoms with Crippen molar-refractivity contribution in [3.8, 4) is 0 Å². The largest absolute Gasteiger partial charge is 0.418 e. The molecule has 0 radical (unpaired) electrons. The molecule has 1 heterocycles. The van der Waals surface area contributed by atoms with Crippen LogP contribution in [0.4, 0.5) is 29.3 Å². The van der Waals surface area contributed by atoms with Gasteiger partial charge in [0.15, 0.2) is 0 Å². The molecule has 1 aromatic carbocycles. The van der Waals surface area contributed by atoms with E-state index in [4.69, 9.17) is 5.73 Å². The van der Waals surface area contributed by atoms with E-state index in [9.17, 15) is 18.0 Å². The van der Waals surface area contributed by atoms with Crippen molar-refractivity contribution in [3.05, 3.63) is 23.8 Å². The molecule has 1 fully saturated rings. The van der Waals surface area contributed by atoms with Gasteiger partial charge in [0.05, 0.1) is 5.56 Å². The van der Waals surface area contributed by atoms with Gasteiger partial charge in [0.1, 0.15) is 0 Å². The Balaban J connectivity index is 2.10. The molecule has 0 spiro atoms. The Labute approximate surface area is 121 Å². The van der Waals surface area contributed by atoms with Crippen molar-refractivity contribution in [2.45, 2.75) is 31.9 Å². The first kappa shape index (κ1) is 15.5. The van der Waals surface area contributed by atoms with E-state index >= 15 is 0 Å². The predicted octanol–water partition coefficient (Wildman–Crippen LogP) is 3.70. The van der Waals surface area contributed by atoms with Crippen LogP contribution in [0.5, 0.6) is 0 Å². The number of alkyl halides is 3. The Bertz CT molecular complexity index is 509. The Morgan fingerprint density at radius 1 is 1.14 bits per heavy atom. The second-order valence-corrected chi connectivity index (χ2v) is 5.13. The third-order valence-corrected chi connectivity index (χ3v) is 3.50. The maximum Gasteiger partial charge on any atom is 0.418 e. The van der Waals surface area contributed by atoms with Crippen molar-refractivity contribution in [2.24, 2.45) is 0 Å². The van der Waals surface area contributed by atoms with Gasteiger partial charge in [-0.15, -0.1) is 0 Å². The fraction of sp³-hybridized carbons (Fsp3) is 0.500. The van der Waals surface area contributed by atoms with Crippen molar-refractivity contribution in [2.75, 3.05) is 24.1 Å². The predicted molar refractivity (Wildman–Crippen MR) is 74.9 cm³/mol. The number of anilines is 2. The van der Waals surface area contributed by atoms with Crippen LogP contribution < -0.4 is 11.1 Å². The maximum atomic E-state index is 12.8. The second-order valence-electron chi connectivity index (χ2n) is 5.13. The SMILES string of the molecule is Nc1ccc(NC(=O)N2CCCCCC2)cc1C(F)(F)F. The topological polar surface area (TPSA) is 58.4 Å². The molecule has 1 aromatic rings. The number of likely N-dealkylation sites (tertiary alicyclic amines) is 1. The molecule has 1 saturated heterocycles. The van der Waals surface area contributed by atoms with E-state index in [2.05, 4.69) is 5.32 Å². The highest BCUT2D eigenvalue weighted by molar-refractivity contribution is 5.89. The number of hydrogen-bond acceptors (Lipinski definition) is 2. The van der Waals surface area contributed by atoms with Crippen LogP contribution in [0.1, 0.15) is 31.2 Å². The zero-order valence-corrected chi connectivity index (χ0v) is 11.5. The number of hydrogen-bond donors (Lipinski definition) is 2. The first-order valence-corrected chi connectivity index (χ1v) is 6.90. The summed E-state index contributed by atoms with van der Waals surface area (Å²) in [5, 5.41) is 2.51. The van der Waals surface area contributed by atoms with E-state index in [1.165, 1.54) is 6.07 Å². The summed E-state index contributed by atoms with van der Waals surface area (Å²) in [4.78, 5) is 13.7. The third kappa shape index (κ3) is 4.03. The Kier molecular flexibility index (Phi) is 4.59. The highest BCUT2D eigenvalue weighted by Crippen LogP contribution is 2.35. The fourth-order valence-corrected chi connectivity index (χ4v) is 2.36. The molecule has 0 saturated carbocycles. The van der Waals surface area contributed by atoms with Crippen LogP contribution in [0.2, 0.25) is 0 Å². The van der Waals surface area contributed by atoms with Crippen molar-refractivity contribution in [3.63, 3.8) is 0 Å². The number of benzene rings is 1. The molecule has 2 amide bonds. The standard InChI is InChI=1S/C14H18F3N3O/c15-14(16,17)11-9-10(5-6-12(11)18)19-13(21)20-7-3-1-2-4-8-20/h5-6,9H,1-4,7-8,18H2,(H,19,21). The minimum absolute atomic E-state index is 0.103. The van der Waals surface area contributed by atoms with Gasteiger partial charge in [-0.2, -0.15) is 13.2 Å². The van der Waals surface area contributed by atoms with Gasteiger partial charge in [0.25, 0.3) is 0 Å². The molecule has 1 aliphatic rings. The van der Waals surface area contributed by atoms with Gasteiger partial charge in [-0.25, -0.2) is 4.79 Å². The number of nitrogen functional groups attached to an aromatic ring is 1. The van der Waals surface area contributed by atoms with Crippen LogP contribution in [0.15, 0.2) is 18.2 Å². The number of urea groups is 1. The summed E-state index contributed by atoms with van der Waals surface area (Å²) in [6.45, 7) is 1.26. The Hall–Kier alpha value is -1.92. The van der Waals surface area contributed by atoms with Crippen LogP contribution in [0.3, 0.4) is 0 Å². The number of nitrogens with one attached hydrogen (secondary N) is 1. The van der Waals surface area contributed by atoms with Crippen LogP contribution in [0.25, 0.3) is 0 Å². The second kappa shape index (κ2) is 6.24. The van der Waals surface area contributed by atoms with E-state index in [0.717, 1.165) is 37.8 Å². The van der Waals surface area contributed by atoms with E-state index in [-0.39, 0.29) is 17.4 Å². The van der Waals surface area contributed by atoms with Crippen molar-refractivity contribution in [1.29, 1.82) is 0 Å². The molecular weight excluding hydrogens is 283 g/mol. The Morgan fingerprint density at radius 2 is 1.76 bits per heavy atom. The molecule has 0 atom stereocenters. The number of nitrogens with two attached hydrogens (primary N) is 1. The summed E-state index contributed by atoms with van der Waals surface area (Å²) in [6, 6.07) is 3.03. The lowest BCUT2D eigenvalue weighted by Gasteiger charge is -2.21. The van der Waals surface area contributed by atoms with Crippen molar-refractivity contribution >= 4 is 17.4 Å². The minimum atomic E-state index is -4.53. The molecule has 0 aliphatic carbocycles. The van der Waals surface area contributed by atoms with Crippen molar-refractivity contribution < 1.29 is 18.0 Å². The zero-order chi connectivity index (χ0) is 15.5. The average molecular weight is 301 g/mol. The fourth-order valence-electron chi connectivity index (χ4n) is 2.36. The number of carbonyl (C=O) groups excluding carboxylic acids is 1. The number of rotatable bonds is 1. The minimum Gasteiger partial charge on any atom is -0.398 e. The number of halogens is 3. The number of nitrogens with zero attached hydrogens (tertiary/aromatic N) is 1. The van der Waals surface area contributed by atoms with Gasteiger partial charge in [0, 0.05) is 24.5 Å². The number of amides is 2. The van der Waals surface area contributed by atoms with Gasteiger partial charge >= 0.3 is 12.2 Å². The first-order valence-electron chi connectivity index (χ1n) is 6.90. The zero-order valence-electron chi connectivity index (χ0n) is 11.5. The molecule has 7 heteroatoms. The van der Waals surface area contributed by atoms with Crippen LogP contribution in [0, 0.1) is 0 Å². The van der Waals surface area contributed by atoms with Gasteiger partial charge in [-0.3, -0.25) is 0 Å². The average Bonchev–Trinajstić information content (AvgIpc) is 2.68. The van der Waals surface area contributed by atoms with Crippen molar-refractivity contribution in [1.82, 2.24) is 4.90 Å². The first-order chi connectivity index (χ1) is 9.88. The molecule has 1 aliphatic heterocycles. The quantitative estimate of drug-likeness (QED) is 0.777. The van der Waals surface area contributed by atoms with Crippen LogP contribution in [-0.4, -0.2) is 24.0 Å². The highest BCUT2D eigenvalue weighted by atomic mass is 19.4. The van der Waals surface area contributed by atoms with E-state index in [1.54, 1.807) is 4.90 Å². The molecular formula is C14H18F3N3O. The lowest BCUT2D eigenvalue weighted by atomic mass is 10.1. The summed E-state index contributed by atoms with van der Waals surface area (Å²) < 4.78 is 38.3. The molecule has 0 bridgehead atoms. The molecule has 21 heavy (non-hydrogen) atoms.